The summed E-state index contributed by atoms with van der Waals surface area (Å²) in [6.45, 7) is 3.01. The summed E-state index contributed by atoms with van der Waals surface area (Å²) in [6, 6.07) is 0. The number of carboxylic acid groups (broad SMARTS) is 1. The van der Waals surface area contributed by atoms with Crippen LogP contribution in [0, 0.1) is 0 Å². The van der Waals surface area contributed by atoms with Gasteiger partial charge in [-0.15, -0.1) is 8.58 Å². The summed E-state index contributed by atoms with van der Waals surface area (Å²) in [5, 5.41) is 10.9. The van der Waals surface area contributed by atoms with Crippen LogP contribution in [0.2, 0.25) is 0 Å². The molecule has 2 N–H and O–H groups in total. The van der Waals surface area contributed by atoms with Gasteiger partial charge in [0.2, 0.25) is 0 Å². The molecule has 0 radical (unpaired) electrons. The standard InChI is InChI=1S/C5H12NO2P/c1-9-3-2-6-4-5(7)8/h6,9H,2-4H2,1H3,(H,7,8). The molecule has 0 saturated carbocycles. The van der Waals surface area contributed by atoms with Crippen LogP contribution in [0.15, 0.2) is 0 Å². The number of nitrogens with one attached hydrogen (secondary N) is 1. The maximum absolute atomic E-state index is 9.90. The van der Waals surface area contributed by atoms with E-state index in [0.29, 0.717) is 0 Å². The molecule has 0 saturated heterocycles. The Bertz CT molecular complexity index is 87.0. The van der Waals surface area contributed by atoms with Gasteiger partial charge in [-0.2, -0.15) is 0 Å². The molecule has 9 heavy (non-hydrogen) atoms. The Balaban J connectivity index is 2.83. The molecule has 1 unspecified atom stereocenters. The Morgan fingerprint density at radius 3 is 2.89 bits per heavy atom. The number of aliphatic carboxylic acids is 1. The Hall–Kier alpha value is -0.140. The lowest BCUT2D eigenvalue weighted by Gasteiger charge is -1.97. The van der Waals surface area contributed by atoms with E-state index >= 15 is 0 Å². The van der Waals surface area contributed by atoms with E-state index in [0.717, 1.165) is 21.3 Å². The van der Waals surface area contributed by atoms with Crippen molar-refractivity contribution in [2.45, 2.75) is 0 Å². The third kappa shape index (κ3) is 7.86. The molecule has 0 rings (SSSR count). The Labute approximate surface area is 56.6 Å². The minimum atomic E-state index is -0.783. The molecule has 0 amide bonds. The summed E-state index contributed by atoms with van der Waals surface area (Å²) in [4.78, 5) is 9.90. The fourth-order valence-electron chi connectivity index (χ4n) is 0.409. The van der Waals surface area contributed by atoms with E-state index < -0.39 is 5.97 Å². The monoisotopic (exact) mass is 149 g/mol. The predicted octanol–water partition coefficient (Wildman–Crippen LogP) is -0.0311. The van der Waals surface area contributed by atoms with Crippen molar-refractivity contribution in [1.29, 1.82) is 0 Å². The van der Waals surface area contributed by atoms with Crippen molar-refractivity contribution >= 4 is 14.6 Å². The van der Waals surface area contributed by atoms with Crippen molar-refractivity contribution < 1.29 is 9.90 Å². The summed E-state index contributed by atoms with van der Waals surface area (Å²) in [6.07, 6.45) is 1.08. The molecule has 0 aromatic carbocycles. The molecule has 0 aliphatic rings. The van der Waals surface area contributed by atoms with Crippen LogP contribution >= 0.6 is 8.58 Å². The molecule has 0 heterocycles. The molecular weight excluding hydrogens is 137 g/mol. The molecule has 0 aromatic heterocycles. The van der Waals surface area contributed by atoms with Gasteiger partial charge in [0.25, 0.3) is 0 Å². The molecule has 0 aliphatic carbocycles. The highest BCUT2D eigenvalue weighted by molar-refractivity contribution is 7.37. The molecule has 0 spiro atoms. The summed E-state index contributed by atoms with van der Waals surface area (Å²) in [5.41, 5.74) is 0. The van der Waals surface area contributed by atoms with Crippen molar-refractivity contribution in [2.24, 2.45) is 0 Å². The van der Waals surface area contributed by atoms with Gasteiger partial charge in [-0.1, -0.05) is 0 Å². The second kappa shape index (κ2) is 5.99. The highest BCUT2D eigenvalue weighted by atomic mass is 31.1. The minimum Gasteiger partial charge on any atom is -0.480 e. The fraction of sp³-hybridized carbons (Fsp3) is 0.800. The van der Waals surface area contributed by atoms with Crippen LogP contribution in [0.5, 0.6) is 0 Å². The van der Waals surface area contributed by atoms with Gasteiger partial charge in [0.05, 0.1) is 6.54 Å². The number of hydrogen-bond acceptors (Lipinski definition) is 2. The molecule has 54 valence electrons. The van der Waals surface area contributed by atoms with Gasteiger partial charge in [0, 0.05) is 0 Å². The highest BCUT2D eigenvalue weighted by Crippen LogP contribution is 1.96. The van der Waals surface area contributed by atoms with Gasteiger partial charge in [-0.25, -0.2) is 0 Å². The van der Waals surface area contributed by atoms with Gasteiger partial charge in [-0.05, 0) is 19.4 Å². The molecule has 3 nitrogen and oxygen atoms in total. The Morgan fingerprint density at radius 1 is 1.78 bits per heavy atom. The summed E-state index contributed by atoms with van der Waals surface area (Å²) in [7, 11) is 0.906. The van der Waals surface area contributed by atoms with Crippen molar-refractivity contribution in [3.05, 3.63) is 0 Å². The molecule has 0 aliphatic heterocycles. The van der Waals surface area contributed by atoms with E-state index in [-0.39, 0.29) is 6.54 Å². The first kappa shape index (κ1) is 8.86. The van der Waals surface area contributed by atoms with Gasteiger partial charge in [0.15, 0.2) is 0 Å². The SMILES string of the molecule is CPCCNCC(=O)O. The minimum absolute atomic E-state index is 0.0878. The van der Waals surface area contributed by atoms with E-state index in [1.54, 1.807) is 0 Å². The fourth-order valence-corrected chi connectivity index (χ4v) is 0.835. The first-order valence-electron chi connectivity index (χ1n) is 2.84. The van der Waals surface area contributed by atoms with Crippen molar-refractivity contribution in [2.75, 3.05) is 25.9 Å². The second-order valence-electron chi connectivity index (χ2n) is 1.67. The Kier molecular flexibility index (Phi) is 5.89. The van der Waals surface area contributed by atoms with Gasteiger partial charge in [-0.3, -0.25) is 4.79 Å². The Morgan fingerprint density at radius 2 is 2.44 bits per heavy atom. The first-order chi connectivity index (χ1) is 4.27. The molecular formula is C5H12NO2P. The molecule has 0 aromatic rings. The van der Waals surface area contributed by atoms with Gasteiger partial charge >= 0.3 is 5.97 Å². The zero-order chi connectivity index (χ0) is 7.11. The van der Waals surface area contributed by atoms with Crippen LogP contribution in [-0.4, -0.2) is 37.0 Å². The number of carboxylic acids is 1. The van der Waals surface area contributed by atoms with E-state index in [1.807, 2.05) is 0 Å². The molecule has 1 atom stereocenters. The number of hydrogen-bond donors (Lipinski definition) is 2. The van der Waals surface area contributed by atoms with Crippen LogP contribution in [0.25, 0.3) is 0 Å². The molecule has 0 fully saturated rings. The zero-order valence-electron chi connectivity index (χ0n) is 5.48. The van der Waals surface area contributed by atoms with Crippen LogP contribution in [-0.2, 0) is 4.79 Å². The molecule has 0 bridgehead atoms. The maximum Gasteiger partial charge on any atom is 0.317 e. The van der Waals surface area contributed by atoms with Crippen molar-refractivity contribution in [1.82, 2.24) is 5.32 Å². The summed E-state index contributed by atoms with van der Waals surface area (Å²) in [5.74, 6) is -0.783. The lowest BCUT2D eigenvalue weighted by molar-refractivity contribution is -0.135. The maximum atomic E-state index is 9.90. The summed E-state index contributed by atoms with van der Waals surface area (Å²) >= 11 is 0. The van der Waals surface area contributed by atoms with Crippen LogP contribution < -0.4 is 5.32 Å². The third-order valence-electron chi connectivity index (χ3n) is 0.828. The predicted molar refractivity (Wildman–Crippen MR) is 39.6 cm³/mol. The average Bonchev–Trinajstić information content (AvgIpc) is 1.80. The average molecular weight is 149 g/mol. The first-order valence-corrected chi connectivity index (χ1v) is 4.55. The van der Waals surface area contributed by atoms with Gasteiger partial charge < -0.3 is 10.4 Å². The number of rotatable bonds is 5. The lowest BCUT2D eigenvalue weighted by atomic mass is 10.6. The smallest absolute Gasteiger partial charge is 0.317 e. The number of carbonyl (C=O) groups is 1. The lowest BCUT2D eigenvalue weighted by Crippen LogP contribution is -2.24. The summed E-state index contributed by atoms with van der Waals surface area (Å²) < 4.78 is 0. The quantitative estimate of drug-likeness (QED) is 0.426. The molecule has 4 heteroatoms. The van der Waals surface area contributed by atoms with E-state index in [1.165, 1.54) is 0 Å². The highest BCUT2D eigenvalue weighted by Gasteiger charge is 1.91. The van der Waals surface area contributed by atoms with Crippen LogP contribution in [0.3, 0.4) is 0 Å². The van der Waals surface area contributed by atoms with Crippen molar-refractivity contribution in [3.63, 3.8) is 0 Å². The normalized spacial score (nSPS) is 10.8. The van der Waals surface area contributed by atoms with Crippen molar-refractivity contribution in [3.8, 4) is 0 Å². The largest absolute Gasteiger partial charge is 0.480 e. The zero-order valence-corrected chi connectivity index (χ0v) is 6.48. The van der Waals surface area contributed by atoms with Gasteiger partial charge in [0.1, 0.15) is 0 Å². The van der Waals surface area contributed by atoms with E-state index in [2.05, 4.69) is 12.0 Å². The second-order valence-corrected chi connectivity index (χ2v) is 2.88. The van der Waals surface area contributed by atoms with Crippen LogP contribution in [0.4, 0.5) is 0 Å². The third-order valence-corrected chi connectivity index (χ3v) is 1.58. The van der Waals surface area contributed by atoms with Crippen LogP contribution in [0.1, 0.15) is 0 Å². The van der Waals surface area contributed by atoms with E-state index in [9.17, 15) is 4.79 Å². The topological polar surface area (TPSA) is 49.3 Å². The van der Waals surface area contributed by atoms with E-state index in [4.69, 9.17) is 5.11 Å².